The predicted octanol–water partition coefficient (Wildman–Crippen LogP) is 3.47. The van der Waals surface area contributed by atoms with Crippen molar-refractivity contribution < 1.29 is 0 Å². The number of guanidine groups is 1. The summed E-state index contributed by atoms with van der Waals surface area (Å²) in [6, 6.07) is 4.83. The highest BCUT2D eigenvalue weighted by Gasteiger charge is 2.24. The number of hydrogen-bond donors (Lipinski definition) is 2. The Balaban J connectivity index is 0.00000242. The van der Waals surface area contributed by atoms with Crippen LogP contribution in [0.5, 0.6) is 0 Å². The zero-order chi connectivity index (χ0) is 14.9. The topological polar surface area (TPSA) is 39.7 Å². The Morgan fingerprint density at radius 1 is 1.32 bits per heavy atom. The van der Waals surface area contributed by atoms with Gasteiger partial charge in [0.2, 0.25) is 0 Å². The fraction of sp³-hybridized carbons (Fsp3) is 0.688. The van der Waals surface area contributed by atoms with Crippen molar-refractivity contribution in [3.05, 3.63) is 22.4 Å². The van der Waals surface area contributed by atoms with Gasteiger partial charge in [-0.05, 0) is 50.7 Å². The number of nitrogens with one attached hydrogen (secondary N) is 2. The molecule has 0 aliphatic carbocycles. The number of thiophene rings is 1. The van der Waals surface area contributed by atoms with Crippen molar-refractivity contribution >= 4 is 41.3 Å². The lowest BCUT2D eigenvalue weighted by molar-refractivity contribution is 0.255. The molecule has 2 rings (SSSR count). The van der Waals surface area contributed by atoms with Gasteiger partial charge in [-0.15, -0.1) is 35.3 Å². The van der Waals surface area contributed by atoms with E-state index in [1.165, 1.54) is 30.8 Å². The minimum absolute atomic E-state index is 0. The van der Waals surface area contributed by atoms with Gasteiger partial charge in [-0.1, -0.05) is 13.0 Å². The van der Waals surface area contributed by atoms with Crippen molar-refractivity contribution in [2.24, 2.45) is 4.99 Å². The fourth-order valence-electron chi connectivity index (χ4n) is 2.68. The molecule has 126 valence electrons. The van der Waals surface area contributed by atoms with E-state index in [0.29, 0.717) is 6.04 Å². The highest BCUT2D eigenvalue weighted by Crippen LogP contribution is 2.28. The Hall–Kier alpha value is -0.340. The van der Waals surface area contributed by atoms with Crippen molar-refractivity contribution in [1.82, 2.24) is 15.5 Å². The average molecular weight is 436 g/mol. The van der Waals surface area contributed by atoms with E-state index in [4.69, 9.17) is 4.99 Å². The zero-order valence-electron chi connectivity index (χ0n) is 13.7. The van der Waals surface area contributed by atoms with Crippen LogP contribution in [0.3, 0.4) is 0 Å². The first-order valence-electron chi connectivity index (χ1n) is 8.14. The number of rotatable bonds is 7. The second-order valence-corrected chi connectivity index (χ2v) is 6.40. The van der Waals surface area contributed by atoms with Crippen LogP contribution in [0, 0.1) is 0 Å². The number of aliphatic imine (C=N–C) groups is 1. The molecule has 1 aromatic rings. The maximum absolute atomic E-state index is 4.81. The van der Waals surface area contributed by atoms with E-state index in [1.54, 1.807) is 0 Å². The molecule has 1 saturated heterocycles. The largest absolute Gasteiger partial charge is 0.357 e. The lowest BCUT2D eigenvalue weighted by Gasteiger charge is -2.25. The second-order valence-electron chi connectivity index (χ2n) is 5.42. The normalized spacial score (nSPS) is 17.1. The Bertz CT molecular complexity index is 416. The maximum atomic E-state index is 4.81. The monoisotopic (exact) mass is 436 g/mol. The van der Waals surface area contributed by atoms with Crippen molar-refractivity contribution in [2.75, 3.05) is 32.7 Å². The standard InChI is InChI=1S/C16H28N4S.HI/c1-3-9-18-16(17-4-2)19-13-14(15-8-7-12-21-15)20-10-5-6-11-20;/h7-8,12,14H,3-6,9-11,13H2,1-2H3,(H2,17,18,19);1H. The van der Waals surface area contributed by atoms with Gasteiger partial charge in [0.05, 0.1) is 12.6 Å². The summed E-state index contributed by atoms with van der Waals surface area (Å²) in [6.45, 7) is 9.41. The first-order chi connectivity index (χ1) is 10.3. The lowest BCUT2D eigenvalue weighted by atomic mass is 10.2. The van der Waals surface area contributed by atoms with Crippen LogP contribution in [0.15, 0.2) is 22.5 Å². The van der Waals surface area contributed by atoms with Gasteiger partial charge in [-0.3, -0.25) is 9.89 Å². The first-order valence-corrected chi connectivity index (χ1v) is 9.02. The molecule has 1 atom stereocenters. The SMILES string of the molecule is CCCNC(=NCC(c1cccs1)N1CCCC1)NCC.I. The molecular weight excluding hydrogens is 407 g/mol. The van der Waals surface area contributed by atoms with E-state index in [2.05, 4.69) is 46.9 Å². The molecule has 2 heterocycles. The van der Waals surface area contributed by atoms with Crippen LogP contribution in [0.2, 0.25) is 0 Å². The van der Waals surface area contributed by atoms with Gasteiger partial charge in [-0.2, -0.15) is 0 Å². The Kier molecular flexibility index (Phi) is 10.1. The average Bonchev–Trinajstić information content (AvgIpc) is 3.18. The van der Waals surface area contributed by atoms with E-state index in [-0.39, 0.29) is 24.0 Å². The van der Waals surface area contributed by atoms with Crippen molar-refractivity contribution in [3.63, 3.8) is 0 Å². The number of halogens is 1. The predicted molar refractivity (Wildman–Crippen MR) is 108 cm³/mol. The number of likely N-dealkylation sites (tertiary alicyclic amines) is 1. The van der Waals surface area contributed by atoms with Gasteiger partial charge in [0.25, 0.3) is 0 Å². The summed E-state index contributed by atoms with van der Waals surface area (Å²) in [4.78, 5) is 8.83. The van der Waals surface area contributed by atoms with Crippen LogP contribution >= 0.6 is 35.3 Å². The van der Waals surface area contributed by atoms with Gasteiger partial charge in [0.1, 0.15) is 0 Å². The summed E-state index contributed by atoms with van der Waals surface area (Å²) < 4.78 is 0. The molecule has 0 saturated carbocycles. The van der Waals surface area contributed by atoms with Gasteiger partial charge < -0.3 is 10.6 Å². The second kappa shape index (κ2) is 11.2. The van der Waals surface area contributed by atoms with E-state index in [1.807, 2.05) is 11.3 Å². The first kappa shape index (κ1) is 19.7. The van der Waals surface area contributed by atoms with Crippen molar-refractivity contribution in [1.29, 1.82) is 0 Å². The third-order valence-corrected chi connectivity index (χ3v) is 4.74. The van der Waals surface area contributed by atoms with Crippen LogP contribution in [-0.4, -0.2) is 43.6 Å². The highest BCUT2D eigenvalue weighted by atomic mass is 127. The van der Waals surface area contributed by atoms with E-state index in [0.717, 1.165) is 32.0 Å². The molecule has 0 spiro atoms. The summed E-state index contributed by atoms with van der Waals surface area (Å²) in [5, 5.41) is 8.89. The zero-order valence-corrected chi connectivity index (χ0v) is 16.8. The van der Waals surface area contributed by atoms with Gasteiger partial charge in [-0.25, -0.2) is 0 Å². The van der Waals surface area contributed by atoms with Crippen LogP contribution < -0.4 is 10.6 Å². The molecule has 1 unspecified atom stereocenters. The molecule has 0 aromatic carbocycles. The molecule has 1 aromatic heterocycles. The summed E-state index contributed by atoms with van der Waals surface area (Å²) in [5.74, 6) is 0.945. The lowest BCUT2D eigenvalue weighted by Crippen LogP contribution is -2.38. The van der Waals surface area contributed by atoms with Crippen LogP contribution in [0.1, 0.15) is 44.0 Å². The van der Waals surface area contributed by atoms with Crippen molar-refractivity contribution in [2.45, 2.75) is 39.2 Å². The Morgan fingerprint density at radius 2 is 2.09 bits per heavy atom. The summed E-state index contributed by atoms with van der Waals surface area (Å²) in [7, 11) is 0. The maximum Gasteiger partial charge on any atom is 0.191 e. The molecule has 22 heavy (non-hydrogen) atoms. The van der Waals surface area contributed by atoms with Crippen LogP contribution in [0.4, 0.5) is 0 Å². The Labute approximate surface area is 155 Å². The smallest absolute Gasteiger partial charge is 0.191 e. The third kappa shape index (κ3) is 6.04. The van der Waals surface area contributed by atoms with Crippen molar-refractivity contribution in [3.8, 4) is 0 Å². The van der Waals surface area contributed by atoms with E-state index in [9.17, 15) is 0 Å². The highest BCUT2D eigenvalue weighted by molar-refractivity contribution is 14.0. The van der Waals surface area contributed by atoms with Crippen LogP contribution in [0.25, 0.3) is 0 Å². The molecule has 6 heteroatoms. The third-order valence-electron chi connectivity index (χ3n) is 3.76. The minimum atomic E-state index is 0. The molecule has 0 bridgehead atoms. The molecule has 1 aliphatic heterocycles. The van der Waals surface area contributed by atoms with Gasteiger partial charge in [0.15, 0.2) is 5.96 Å². The molecular formula is C16H29IN4S. The van der Waals surface area contributed by atoms with E-state index < -0.39 is 0 Å². The molecule has 0 amide bonds. The van der Waals surface area contributed by atoms with Crippen LogP contribution in [-0.2, 0) is 0 Å². The minimum Gasteiger partial charge on any atom is -0.357 e. The quantitative estimate of drug-likeness (QED) is 0.391. The summed E-state index contributed by atoms with van der Waals surface area (Å²) in [5.41, 5.74) is 0. The van der Waals surface area contributed by atoms with E-state index >= 15 is 0 Å². The fourth-order valence-corrected chi connectivity index (χ4v) is 3.53. The molecule has 4 nitrogen and oxygen atoms in total. The molecule has 0 radical (unpaired) electrons. The molecule has 1 aliphatic rings. The molecule has 2 N–H and O–H groups in total. The summed E-state index contributed by atoms with van der Waals surface area (Å²) >= 11 is 1.85. The Morgan fingerprint density at radius 3 is 2.68 bits per heavy atom. The summed E-state index contributed by atoms with van der Waals surface area (Å²) in [6.07, 6.45) is 3.75. The van der Waals surface area contributed by atoms with Gasteiger partial charge >= 0.3 is 0 Å². The number of nitrogens with zero attached hydrogens (tertiary/aromatic N) is 2. The molecule has 1 fully saturated rings. The number of hydrogen-bond acceptors (Lipinski definition) is 3. The van der Waals surface area contributed by atoms with Gasteiger partial charge in [0, 0.05) is 18.0 Å².